The van der Waals surface area contributed by atoms with Gasteiger partial charge in [-0.2, -0.15) is 13.2 Å². The van der Waals surface area contributed by atoms with E-state index >= 15 is 0 Å². The summed E-state index contributed by atoms with van der Waals surface area (Å²) in [5.41, 5.74) is 5.56. The summed E-state index contributed by atoms with van der Waals surface area (Å²) in [5.74, 6) is -0.420. The monoisotopic (exact) mass is 368 g/mol. The van der Waals surface area contributed by atoms with Gasteiger partial charge in [0.05, 0.1) is 12.2 Å². The third kappa shape index (κ3) is 5.07. The van der Waals surface area contributed by atoms with Crippen molar-refractivity contribution >= 4 is 28.5 Å². The lowest BCUT2D eigenvalue weighted by Gasteiger charge is -2.20. The van der Waals surface area contributed by atoms with Gasteiger partial charge in [0.15, 0.2) is 5.78 Å². The number of rotatable bonds is 5. The molecule has 1 atom stereocenters. The van der Waals surface area contributed by atoms with E-state index in [1.807, 2.05) is 0 Å². The van der Waals surface area contributed by atoms with Gasteiger partial charge in [0.2, 0.25) is 0 Å². The van der Waals surface area contributed by atoms with E-state index in [2.05, 4.69) is 5.32 Å². The molecule has 4 nitrogen and oxygen atoms in total. The number of thioether (sulfide) groups is 1. The average Bonchev–Trinajstić information content (AvgIpc) is 2.59. The number of ketones is 1. The normalized spacial score (nSPS) is 12.5. The molecular weight excluding hydrogens is 353 g/mol. The quantitative estimate of drug-likeness (QED) is 0.768. The number of Topliss-reactive ketones (excluding diaryl/α,β-unsaturated/α-hetero) is 1. The van der Waals surface area contributed by atoms with Gasteiger partial charge in [-0.05, 0) is 29.5 Å². The highest BCUT2D eigenvalue weighted by atomic mass is 32.2. The van der Waals surface area contributed by atoms with Gasteiger partial charge in [0.25, 0.3) is 5.24 Å². The molecule has 0 fully saturated rings. The number of alkyl halides is 3. The number of hydrogen-bond acceptors (Lipinski definition) is 4. The second kappa shape index (κ2) is 8.17. The van der Waals surface area contributed by atoms with Gasteiger partial charge in [0, 0.05) is 5.56 Å². The number of para-hydroxylation sites is 1. The number of benzene rings is 2. The molecule has 2 rings (SSSR count). The van der Waals surface area contributed by atoms with Gasteiger partial charge in [0.1, 0.15) is 5.25 Å². The van der Waals surface area contributed by atoms with E-state index in [4.69, 9.17) is 5.73 Å². The highest BCUT2D eigenvalue weighted by Crippen LogP contribution is 2.43. The van der Waals surface area contributed by atoms with Gasteiger partial charge < -0.3 is 11.1 Å². The molecule has 0 radical (unpaired) electrons. The molecule has 0 aliphatic rings. The van der Waals surface area contributed by atoms with Crippen LogP contribution in [-0.2, 0) is 0 Å². The number of carbonyl (C=O) groups excluding carboxylic acids is 2. The number of halogens is 3. The number of nitrogens with two attached hydrogens (primary N) is 1. The standard InChI is InChI=1S/C17H15F3N2O2S/c18-17(19,20)15(11-6-2-1-3-7-11)25-16(24)22-13-9-5-4-8-12(13)14(23)10-21/h1-9,15H,10,21H2,(H,22,24). The molecule has 2 aromatic carbocycles. The Kier molecular flexibility index (Phi) is 6.22. The van der Waals surface area contributed by atoms with Gasteiger partial charge in [-0.15, -0.1) is 0 Å². The Morgan fingerprint density at radius 3 is 2.24 bits per heavy atom. The Hall–Kier alpha value is -2.32. The van der Waals surface area contributed by atoms with Crippen molar-refractivity contribution in [2.45, 2.75) is 11.4 Å². The summed E-state index contributed by atoms with van der Waals surface area (Å²) in [6, 6.07) is 13.2. The average molecular weight is 368 g/mol. The van der Waals surface area contributed by atoms with Gasteiger partial charge in [-0.25, -0.2) is 0 Å². The van der Waals surface area contributed by atoms with E-state index in [1.165, 1.54) is 36.4 Å². The van der Waals surface area contributed by atoms with Crippen LogP contribution in [0.5, 0.6) is 0 Å². The molecular formula is C17H15F3N2O2S. The Labute approximate surface area is 146 Å². The largest absolute Gasteiger partial charge is 0.405 e. The van der Waals surface area contributed by atoms with Crippen LogP contribution in [0.2, 0.25) is 0 Å². The molecule has 0 aromatic heterocycles. The fourth-order valence-corrected chi connectivity index (χ4v) is 2.95. The summed E-state index contributed by atoms with van der Waals surface area (Å²) >= 11 is 0.110. The van der Waals surface area contributed by atoms with Crippen molar-refractivity contribution in [2.75, 3.05) is 11.9 Å². The summed E-state index contributed by atoms with van der Waals surface area (Å²) < 4.78 is 39.9. The first-order chi connectivity index (χ1) is 11.8. The molecule has 3 N–H and O–H groups in total. The zero-order chi connectivity index (χ0) is 18.4. The molecule has 0 spiro atoms. The first-order valence-electron chi connectivity index (χ1n) is 7.24. The fraction of sp³-hybridized carbons (Fsp3) is 0.176. The van der Waals surface area contributed by atoms with Crippen LogP contribution >= 0.6 is 11.8 Å². The number of anilines is 1. The Morgan fingerprint density at radius 2 is 1.64 bits per heavy atom. The van der Waals surface area contributed by atoms with Crippen molar-refractivity contribution in [1.82, 2.24) is 0 Å². The maximum absolute atomic E-state index is 13.3. The Morgan fingerprint density at radius 1 is 1.04 bits per heavy atom. The van der Waals surface area contributed by atoms with Crippen molar-refractivity contribution in [1.29, 1.82) is 0 Å². The lowest BCUT2D eigenvalue weighted by Crippen LogP contribution is -2.22. The van der Waals surface area contributed by atoms with Crippen LogP contribution in [0.3, 0.4) is 0 Å². The minimum atomic E-state index is -4.60. The van der Waals surface area contributed by atoms with E-state index < -0.39 is 22.4 Å². The van der Waals surface area contributed by atoms with Crippen LogP contribution in [0, 0.1) is 0 Å². The van der Waals surface area contributed by atoms with Crippen LogP contribution in [0.1, 0.15) is 21.2 Å². The van der Waals surface area contributed by atoms with Gasteiger partial charge >= 0.3 is 6.18 Å². The molecule has 0 aliphatic carbocycles. The third-order valence-electron chi connectivity index (χ3n) is 3.27. The summed E-state index contributed by atoms with van der Waals surface area (Å²) in [6.07, 6.45) is -4.60. The molecule has 2 aromatic rings. The molecule has 1 amide bonds. The third-order valence-corrected chi connectivity index (χ3v) is 4.37. The summed E-state index contributed by atoms with van der Waals surface area (Å²) in [6.45, 7) is -0.269. The van der Waals surface area contributed by atoms with Crippen LogP contribution < -0.4 is 11.1 Å². The molecule has 0 saturated carbocycles. The smallest absolute Gasteiger partial charge is 0.324 e. The van der Waals surface area contributed by atoms with Crippen LogP contribution in [0.4, 0.5) is 23.7 Å². The number of amides is 1. The van der Waals surface area contributed by atoms with E-state index in [1.54, 1.807) is 18.2 Å². The first kappa shape index (κ1) is 19.0. The topological polar surface area (TPSA) is 72.2 Å². The molecule has 0 heterocycles. The van der Waals surface area contributed by atoms with Crippen molar-refractivity contribution in [3.05, 3.63) is 65.7 Å². The maximum Gasteiger partial charge on any atom is 0.405 e. The highest BCUT2D eigenvalue weighted by Gasteiger charge is 2.42. The first-order valence-corrected chi connectivity index (χ1v) is 8.12. The summed E-state index contributed by atoms with van der Waals surface area (Å²) in [5, 5.41) is -0.576. The van der Waals surface area contributed by atoms with E-state index in [0.29, 0.717) is 0 Å². The van der Waals surface area contributed by atoms with E-state index in [0.717, 1.165) is 0 Å². The van der Waals surface area contributed by atoms with E-state index in [-0.39, 0.29) is 35.1 Å². The van der Waals surface area contributed by atoms with Crippen LogP contribution in [0.15, 0.2) is 54.6 Å². The van der Waals surface area contributed by atoms with Crippen molar-refractivity contribution in [2.24, 2.45) is 5.73 Å². The summed E-state index contributed by atoms with van der Waals surface area (Å²) in [4.78, 5) is 23.9. The minimum absolute atomic E-state index is 0.0264. The maximum atomic E-state index is 13.3. The molecule has 132 valence electrons. The molecule has 0 aliphatic heterocycles. The van der Waals surface area contributed by atoms with Crippen LogP contribution in [-0.4, -0.2) is 23.7 Å². The van der Waals surface area contributed by atoms with Crippen molar-refractivity contribution in [3.8, 4) is 0 Å². The van der Waals surface area contributed by atoms with Crippen LogP contribution in [0.25, 0.3) is 0 Å². The van der Waals surface area contributed by atoms with Crippen molar-refractivity contribution < 1.29 is 22.8 Å². The predicted molar refractivity (Wildman–Crippen MR) is 91.7 cm³/mol. The molecule has 0 saturated heterocycles. The highest BCUT2D eigenvalue weighted by molar-refractivity contribution is 8.14. The summed E-state index contributed by atoms with van der Waals surface area (Å²) in [7, 11) is 0. The predicted octanol–water partition coefficient (Wildman–Crippen LogP) is 4.40. The van der Waals surface area contributed by atoms with Gasteiger partial charge in [-0.3, -0.25) is 9.59 Å². The van der Waals surface area contributed by atoms with Crippen molar-refractivity contribution in [3.63, 3.8) is 0 Å². The SMILES string of the molecule is NCC(=O)c1ccccc1NC(=O)SC(c1ccccc1)C(F)(F)F. The lowest BCUT2D eigenvalue weighted by atomic mass is 10.1. The number of hydrogen-bond donors (Lipinski definition) is 2. The molecule has 0 bridgehead atoms. The Balaban J connectivity index is 2.20. The number of carbonyl (C=O) groups is 2. The number of nitrogens with one attached hydrogen (secondary N) is 1. The van der Waals surface area contributed by atoms with E-state index in [9.17, 15) is 22.8 Å². The second-order valence-corrected chi connectivity index (χ2v) is 6.11. The Bertz CT molecular complexity index is 751. The lowest BCUT2D eigenvalue weighted by molar-refractivity contribution is -0.129. The molecule has 25 heavy (non-hydrogen) atoms. The fourth-order valence-electron chi connectivity index (χ4n) is 2.14. The molecule has 1 unspecified atom stereocenters. The zero-order valence-corrected chi connectivity index (χ0v) is 13.7. The second-order valence-electron chi connectivity index (χ2n) is 5.04. The molecule has 8 heteroatoms. The minimum Gasteiger partial charge on any atom is -0.324 e. The van der Waals surface area contributed by atoms with Gasteiger partial charge in [-0.1, -0.05) is 42.5 Å². The zero-order valence-electron chi connectivity index (χ0n) is 12.9.